The number of carbonyl (C=O) groups is 1. The number of anilines is 1. The molecule has 0 aromatic carbocycles. The van der Waals surface area contributed by atoms with Crippen LogP contribution in [0.25, 0.3) is 10.4 Å². The van der Waals surface area contributed by atoms with Crippen LogP contribution in [0.4, 0.5) is 10.6 Å². The quantitative estimate of drug-likeness (QED) is 0.512. The van der Waals surface area contributed by atoms with Gasteiger partial charge in [-0.3, -0.25) is 5.32 Å². The third kappa shape index (κ3) is 6.28. The number of hydrogen-bond acceptors (Lipinski definition) is 4. The molecule has 0 saturated heterocycles. The summed E-state index contributed by atoms with van der Waals surface area (Å²) in [4.78, 5) is 18.4. The minimum absolute atomic E-state index is 0.333. The van der Waals surface area contributed by atoms with E-state index in [4.69, 9.17) is 10.3 Å². The highest BCUT2D eigenvalue weighted by molar-refractivity contribution is 5.83. The SMILES string of the molecule is CC(C)(C)OC(=O)Nc1cccc(CCN=[N+]=[N-])n1. The average Bonchev–Trinajstić information content (AvgIpc) is 2.27. The largest absolute Gasteiger partial charge is 0.444 e. The highest BCUT2D eigenvalue weighted by Gasteiger charge is 2.16. The van der Waals surface area contributed by atoms with Crippen molar-refractivity contribution in [2.45, 2.75) is 32.8 Å². The summed E-state index contributed by atoms with van der Waals surface area (Å²) < 4.78 is 5.12. The van der Waals surface area contributed by atoms with Crippen molar-refractivity contribution in [1.82, 2.24) is 4.98 Å². The maximum atomic E-state index is 11.6. The van der Waals surface area contributed by atoms with Gasteiger partial charge in [-0.25, -0.2) is 9.78 Å². The Balaban J connectivity index is 2.61. The summed E-state index contributed by atoms with van der Waals surface area (Å²) in [6.45, 7) is 5.70. The number of nitrogens with one attached hydrogen (secondary N) is 1. The Kier molecular flexibility index (Phi) is 5.14. The second-order valence-corrected chi connectivity index (χ2v) is 4.85. The topological polar surface area (TPSA) is 100.0 Å². The molecule has 0 unspecified atom stereocenters. The van der Waals surface area contributed by atoms with Crippen molar-refractivity contribution >= 4 is 11.9 Å². The van der Waals surface area contributed by atoms with Crippen molar-refractivity contribution in [3.05, 3.63) is 34.3 Å². The van der Waals surface area contributed by atoms with Crippen molar-refractivity contribution in [3.8, 4) is 0 Å². The maximum absolute atomic E-state index is 11.6. The highest BCUT2D eigenvalue weighted by atomic mass is 16.6. The fraction of sp³-hybridized carbons (Fsp3) is 0.500. The Hall–Kier alpha value is -2.27. The second-order valence-electron chi connectivity index (χ2n) is 4.85. The van der Waals surface area contributed by atoms with Gasteiger partial charge in [0, 0.05) is 17.2 Å². The van der Waals surface area contributed by atoms with E-state index >= 15 is 0 Å². The van der Waals surface area contributed by atoms with E-state index in [1.807, 2.05) is 0 Å². The third-order valence-electron chi connectivity index (χ3n) is 1.97. The molecular weight excluding hydrogens is 246 g/mol. The van der Waals surface area contributed by atoms with Crippen LogP contribution in [0.2, 0.25) is 0 Å². The van der Waals surface area contributed by atoms with Gasteiger partial charge in [0.1, 0.15) is 11.4 Å². The number of rotatable bonds is 4. The van der Waals surface area contributed by atoms with E-state index in [1.165, 1.54) is 0 Å². The first-order valence-electron chi connectivity index (χ1n) is 5.87. The second kappa shape index (κ2) is 6.61. The smallest absolute Gasteiger partial charge is 0.413 e. The van der Waals surface area contributed by atoms with Crippen LogP contribution >= 0.6 is 0 Å². The van der Waals surface area contributed by atoms with E-state index in [-0.39, 0.29) is 0 Å². The molecule has 102 valence electrons. The van der Waals surface area contributed by atoms with Crippen molar-refractivity contribution in [3.63, 3.8) is 0 Å². The van der Waals surface area contributed by atoms with E-state index in [0.29, 0.717) is 18.8 Å². The van der Waals surface area contributed by atoms with Gasteiger partial charge >= 0.3 is 6.09 Å². The molecule has 0 spiro atoms. The molecule has 7 heteroatoms. The first-order chi connectivity index (χ1) is 8.90. The molecule has 7 nitrogen and oxygen atoms in total. The molecule has 1 rings (SSSR count). The number of carbonyl (C=O) groups excluding carboxylic acids is 1. The molecular formula is C12H17N5O2. The predicted octanol–water partition coefficient (Wildman–Crippen LogP) is 3.28. The van der Waals surface area contributed by atoms with Crippen molar-refractivity contribution in [2.75, 3.05) is 11.9 Å². The van der Waals surface area contributed by atoms with Crippen molar-refractivity contribution in [1.29, 1.82) is 0 Å². The van der Waals surface area contributed by atoms with Crippen LogP contribution in [0, 0.1) is 0 Å². The zero-order chi connectivity index (χ0) is 14.3. The number of aromatic nitrogens is 1. The van der Waals surface area contributed by atoms with Crippen LogP contribution in [0.1, 0.15) is 26.5 Å². The van der Waals surface area contributed by atoms with Crippen LogP contribution in [-0.4, -0.2) is 23.2 Å². The maximum Gasteiger partial charge on any atom is 0.413 e. The van der Waals surface area contributed by atoms with Gasteiger partial charge in [-0.15, -0.1) is 0 Å². The lowest BCUT2D eigenvalue weighted by atomic mass is 10.2. The van der Waals surface area contributed by atoms with Crippen LogP contribution in [0.3, 0.4) is 0 Å². The number of hydrogen-bond donors (Lipinski definition) is 1. The Morgan fingerprint density at radius 3 is 2.89 bits per heavy atom. The first-order valence-corrected chi connectivity index (χ1v) is 5.87. The van der Waals surface area contributed by atoms with Gasteiger partial charge in [-0.2, -0.15) is 0 Å². The molecule has 0 aliphatic carbocycles. The van der Waals surface area contributed by atoms with Gasteiger partial charge in [-0.05, 0) is 44.9 Å². The van der Waals surface area contributed by atoms with Crippen molar-refractivity contribution in [2.24, 2.45) is 5.11 Å². The molecule has 0 bridgehead atoms. The minimum Gasteiger partial charge on any atom is -0.444 e. The van der Waals surface area contributed by atoms with Crippen LogP contribution in [0.15, 0.2) is 23.3 Å². The van der Waals surface area contributed by atoms with E-state index in [2.05, 4.69) is 20.3 Å². The average molecular weight is 263 g/mol. The molecule has 1 aromatic rings. The number of pyridine rings is 1. The minimum atomic E-state index is -0.552. The van der Waals surface area contributed by atoms with Gasteiger partial charge in [0.2, 0.25) is 0 Å². The van der Waals surface area contributed by atoms with Gasteiger partial charge in [0.25, 0.3) is 0 Å². The number of azide groups is 1. The fourth-order valence-corrected chi connectivity index (χ4v) is 1.31. The lowest BCUT2D eigenvalue weighted by Gasteiger charge is -2.19. The number of amides is 1. The zero-order valence-electron chi connectivity index (χ0n) is 11.3. The normalized spacial score (nSPS) is 10.5. The molecule has 1 amide bonds. The zero-order valence-corrected chi connectivity index (χ0v) is 11.3. The lowest BCUT2D eigenvalue weighted by Crippen LogP contribution is -2.27. The summed E-state index contributed by atoms with van der Waals surface area (Å²) in [5, 5.41) is 5.99. The summed E-state index contributed by atoms with van der Waals surface area (Å²) >= 11 is 0. The van der Waals surface area contributed by atoms with Crippen LogP contribution in [-0.2, 0) is 11.2 Å². The molecule has 0 saturated carbocycles. The standard InChI is InChI=1S/C12H17N5O2/c1-12(2,3)19-11(18)16-10-6-4-5-9(15-10)7-8-14-17-13/h4-6H,7-8H2,1-3H3,(H,15,16,18). The Bertz CT molecular complexity index is 489. The molecule has 1 heterocycles. The summed E-state index contributed by atoms with van der Waals surface area (Å²) in [6, 6.07) is 5.24. The van der Waals surface area contributed by atoms with Gasteiger partial charge in [0.15, 0.2) is 0 Å². The van der Waals surface area contributed by atoms with Gasteiger partial charge < -0.3 is 4.74 Å². The predicted molar refractivity (Wildman–Crippen MR) is 71.8 cm³/mol. The lowest BCUT2D eigenvalue weighted by molar-refractivity contribution is 0.0635. The van der Waals surface area contributed by atoms with E-state index in [0.717, 1.165) is 5.69 Å². The summed E-state index contributed by atoms with van der Waals surface area (Å²) in [7, 11) is 0. The van der Waals surface area contributed by atoms with E-state index < -0.39 is 11.7 Å². The van der Waals surface area contributed by atoms with E-state index in [9.17, 15) is 4.79 Å². The van der Waals surface area contributed by atoms with Gasteiger partial charge in [-0.1, -0.05) is 11.2 Å². The summed E-state index contributed by atoms with van der Waals surface area (Å²) in [5.41, 5.74) is 8.37. The molecule has 19 heavy (non-hydrogen) atoms. The third-order valence-corrected chi connectivity index (χ3v) is 1.97. The van der Waals surface area contributed by atoms with Crippen molar-refractivity contribution < 1.29 is 9.53 Å². The monoisotopic (exact) mass is 263 g/mol. The molecule has 1 N–H and O–H groups in total. The number of nitrogens with zero attached hydrogens (tertiary/aromatic N) is 4. The van der Waals surface area contributed by atoms with Crippen LogP contribution < -0.4 is 5.32 Å². The Morgan fingerprint density at radius 2 is 2.26 bits per heavy atom. The highest BCUT2D eigenvalue weighted by Crippen LogP contribution is 2.10. The molecule has 0 aliphatic rings. The Morgan fingerprint density at radius 1 is 1.53 bits per heavy atom. The summed E-state index contributed by atoms with van der Waals surface area (Å²) in [5.74, 6) is 0.410. The molecule has 0 aliphatic heterocycles. The molecule has 0 fully saturated rings. The molecule has 1 aromatic heterocycles. The Labute approximate surface area is 111 Å². The molecule has 0 atom stereocenters. The van der Waals surface area contributed by atoms with E-state index in [1.54, 1.807) is 39.0 Å². The first kappa shape index (κ1) is 14.8. The fourth-order valence-electron chi connectivity index (χ4n) is 1.31. The molecule has 0 radical (unpaired) electrons. The van der Waals surface area contributed by atoms with Crippen LogP contribution in [0.5, 0.6) is 0 Å². The summed E-state index contributed by atoms with van der Waals surface area (Å²) in [6.07, 6.45) is -0.0272. The number of ether oxygens (including phenoxy) is 1. The van der Waals surface area contributed by atoms with Gasteiger partial charge in [0.05, 0.1) is 0 Å².